The largest absolute Gasteiger partial charge is 0.378 e. The van der Waals surface area contributed by atoms with Crippen molar-refractivity contribution in [3.8, 4) is 0 Å². The Morgan fingerprint density at radius 1 is 1.15 bits per heavy atom. The summed E-state index contributed by atoms with van der Waals surface area (Å²) < 4.78 is 0. The fraction of sp³-hybridized carbons (Fsp3) is 0.188. The number of nitrogens with two attached hydrogens (primary N) is 1. The van der Waals surface area contributed by atoms with Crippen molar-refractivity contribution in [2.24, 2.45) is 5.73 Å². The molecule has 0 spiro atoms. The molecule has 0 fully saturated rings. The molecule has 0 unspecified atom stereocenters. The second-order valence-electron chi connectivity index (χ2n) is 4.80. The third kappa shape index (κ3) is 3.36. The van der Waals surface area contributed by atoms with Crippen molar-refractivity contribution in [3.05, 3.63) is 59.7 Å². The summed E-state index contributed by atoms with van der Waals surface area (Å²) in [6.45, 7) is 0.428. The SMILES string of the molecule is CN(C)c1cccc(NC(=O)c2cccc(CN)c2)c1. The highest BCUT2D eigenvalue weighted by Crippen LogP contribution is 2.18. The van der Waals surface area contributed by atoms with Gasteiger partial charge in [0.15, 0.2) is 0 Å². The highest BCUT2D eigenvalue weighted by Gasteiger charge is 2.07. The second kappa shape index (κ2) is 6.21. The molecule has 20 heavy (non-hydrogen) atoms. The molecule has 0 aliphatic heterocycles. The minimum atomic E-state index is -0.129. The van der Waals surface area contributed by atoms with Crippen LogP contribution in [-0.2, 0) is 6.54 Å². The van der Waals surface area contributed by atoms with Crippen molar-refractivity contribution >= 4 is 17.3 Å². The standard InChI is InChI=1S/C16H19N3O/c1-19(2)15-8-4-7-14(10-15)18-16(20)13-6-3-5-12(9-13)11-17/h3-10H,11,17H2,1-2H3,(H,18,20). The van der Waals surface area contributed by atoms with Crippen LogP contribution in [0.5, 0.6) is 0 Å². The highest BCUT2D eigenvalue weighted by atomic mass is 16.1. The van der Waals surface area contributed by atoms with Gasteiger partial charge in [-0.2, -0.15) is 0 Å². The van der Waals surface area contributed by atoms with Crippen LogP contribution in [-0.4, -0.2) is 20.0 Å². The lowest BCUT2D eigenvalue weighted by atomic mass is 10.1. The Balaban J connectivity index is 2.16. The molecule has 0 aromatic heterocycles. The summed E-state index contributed by atoms with van der Waals surface area (Å²) in [7, 11) is 3.93. The van der Waals surface area contributed by atoms with Crippen LogP contribution in [0.2, 0.25) is 0 Å². The van der Waals surface area contributed by atoms with Gasteiger partial charge in [0.05, 0.1) is 0 Å². The predicted molar refractivity (Wildman–Crippen MR) is 83.1 cm³/mol. The molecule has 0 saturated carbocycles. The zero-order valence-corrected chi connectivity index (χ0v) is 11.8. The number of rotatable bonds is 4. The average molecular weight is 269 g/mol. The van der Waals surface area contributed by atoms with E-state index in [1.54, 1.807) is 6.07 Å². The molecule has 3 N–H and O–H groups in total. The number of benzene rings is 2. The molecule has 2 aromatic rings. The van der Waals surface area contributed by atoms with Crippen LogP contribution in [0.25, 0.3) is 0 Å². The zero-order valence-electron chi connectivity index (χ0n) is 11.8. The predicted octanol–water partition coefficient (Wildman–Crippen LogP) is 2.46. The van der Waals surface area contributed by atoms with Gasteiger partial charge in [0.2, 0.25) is 0 Å². The molecule has 2 aromatic carbocycles. The average Bonchev–Trinajstić information content (AvgIpc) is 2.47. The molecule has 0 bridgehead atoms. The molecule has 0 aliphatic rings. The van der Waals surface area contributed by atoms with E-state index in [9.17, 15) is 4.79 Å². The summed E-state index contributed by atoms with van der Waals surface area (Å²) in [5.74, 6) is -0.129. The van der Waals surface area contributed by atoms with E-state index in [1.165, 1.54) is 0 Å². The number of anilines is 2. The molecule has 4 nitrogen and oxygen atoms in total. The van der Waals surface area contributed by atoms with E-state index in [-0.39, 0.29) is 5.91 Å². The van der Waals surface area contributed by atoms with E-state index >= 15 is 0 Å². The zero-order chi connectivity index (χ0) is 14.5. The van der Waals surface area contributed by atoms with E-state index in [0.29, 0.717) is 12.1 Å². The van der Waals surface area contributed by atoms with E-state index in [1.807, 2.05) is 61.5 Å². The minimum absolute atomic E-state index is 0.129. The van der Waals surface area contributed by atoms with Gasteiger partial charge >= 0.3 is 0 Å². The third-order valence-corrected chi connectivity index (χ3v) is 3.05. The molecule has 0 aliphatic carbocycles. The molecule has 2 rings (SSSR count). The van der Waals surface area contributed by atoms with Crippen molar-refractivity contribution < 1.29 is 4.79 Å². The van der Waals surface area contributed by atoms with E-state index in [0.717, 1.165) is 16.9 Å². The molecule has 0 heterocycles. The van der Waals surface area contributed by atoms with Gasteiger partial charge in [-0.15, -0.1) is 0 Å². The van der Waals surface area contributed by atoms with Gasteiger partial charge in [0.1, 0.15) is 0 Å². The third-order valence-electron chi connectivity index (χ3n) is 3.05. The van der Waals surface area contributed by atoms with E-state index < -0.39 is 0 Å². The van der Waals surface area contributed by atoms with Crippen molar-refractivity contribution in [1.82, 2.24) is 0 Å². The maximum atomic E-state index is 12.2. The van der Waals surface area contributed by atoms with Gasteiger partial charge < -0.3 is 16.0 Å². The van der Waals surface area contributed by atoms with Gasteiger partial charge in [0, 0.05) is 37.6 Å². The summed E-state index contributed by atoms with van der Waals surface area (Å²) in [4.78, 5) is 14.2. The molecular weight excluding hydrogens is 250 g/mol. The maximum absolute atomic E-state index is 12.2. The normalized spacial score (nSPS) is 10.2. The van der Waals surface area contributed by atoms with Crippen molar-refractivity contribution in [1.29, 1.82) is 0 Å². The quantitative estimate of drug-likeness (QED) is 0.896. The summed E-state index contributed by atoms with van der Waals surface area (Å²) in [5, 5.41) is 2.90. The topological polar surface area (TPSA) is 58.4 Å². The summed E-state index contributed by atoms with van der Waals surface area (Å²) in [6, 6.07) is 15.1. The van der Waals surface area contributed by atoms with E-state index in [2.05, 4.69) is 5.32 Å². The molecule has 104 valence electrons. The fourth-order valence-corrected chi connectivity index (χ4v) is 1.90. The molecule has 4 heteroatoms. The number of hydrogen-bond donors (Lipinski definition) is 2. The Hall–Kier alpha value is -2.33. The smallest absolute Gasteiger partial charge is 0.255 e. The summed E-state index contributed by atoms with van der Waals surface area (Å²) >= 11 is 0. The number of carbonyl (C=O) groups is 1. The van der Waals surface area contributed by atoms with Crippen molar-refractivity contribution in [2.75, 3.05) is 24.3 Å². The summed E-state index contributed by atoms with van der Waals surface area (Å²) in [6.07, 6.45) is 0. The minimum Gasteiger partial charge on any atom is -0.378 e. The molecule has 1 amide bonds. The first-order valence-electron chi connectivity index (χ1n) is 6.48. The number of nitrogens with zero attached hydrogens (tertiary/aromatic N) is 1. The second-order valence-corrected chi connectivity index (χ2v) is 4.80. The first-order chi connectivity index (χ1) is 9.60. The van der Waals surface area contributed by atoms with E-state index in [4.69, 9.17) is 5.73 Å². The Labute approximate surface area is 119 Å². The van der Waals surface area contributed by atoms with Crippen LogP contribution in [0.4, 0.5) is 11.4 Å². The highest BCUT2D eigenvalue weighted by molar-refractivity contribution is 6.04. The van der Waals surface area contributed by atoms with Gasteiger partial charge in [-0.3, -0.25) is 4.79 Å². The Bertz CT molecular complexity index is 608. The van der Waals surface area contributed by atoms with Gasteiger partial charge in [-0.05, 0) is 35.9 Å². The van der Waals surface area contributed by atoms with Gasteiger partial charge in [0.25, 0.3) is 5.91 Å². The van der Waals surface area contributed by atoms with Crippen molar-refractivity contribution in [3.63, 3.8) is 0 Å². The number of carbonyl (C=O) groups excluding carboxylic acids is 1. The molecular formula is C16H19N3O. The lowest BCUT2D eigenvalue weighted by Gasteiger charge is -2.14. The first kappa shape index (κ1) is 14.1. The van der Waals surface area contributed by atoms with Crippen LogP contribution in [0.3, 0.4) is 0 Å². The fourth-order valence-electron chi connectivity index (χ4n) is 1.90. The molecule has 0 saturated heterocycles. The Morgan fingerprint density at radius 2 is 1.90 bits per heavy atom. The van der Waals surface area contributed by atoms with Gasteiger partial charge in [-0.1, -0.05) is 18.2 Å². The first-order valence-corrected chi connectivity index (χ1v) is 6.48. The van der Waals surface area contributed by atoms with Crippen LogP contribution in [0, 0.1) is 0 Å². The van der Waals surface area contributed by atoms with Crippen LogP contribution in [0.1, 0.15) is 15.9 Å². The van der Waals surface area contributed by atoms with Crippen molar-refractivity contribution in [2.45, 2.75) is 6.54 Å². The number of hydrogen-bond acceptors (Lipinski definition) is 3. The Morgan fingerprint density at radius 3 is 2.60 bits per heavy atom. The van der Waals surface area contributed by atoms with Crippen LogP contribution in [0.15, 0.2) is 48.5 Å². The van der Waals surface area contributed by atoms with Crippen LogP contribution >= 0.6 is 0 Å². The number of nitrogens with one attached hydrogen (secondary N) is 1. The molecule has 0 radical (unpaired) electrons. The van der Waals surface area contributed by atoms with Crippen LogP contribution < -0.4 is 16.0 Å². The van der Waals surface area contributed by atoms with Gasteiger partial charge in [-0.25, -0.2) is 0 Å². The number of amides is 1. The monoisotopic (exact) mass is 269 g/mol. The maximum Gasteiger partial charge on any atom is 0.255 e. The lowest BCUT2D eigenvalue weighted by Crippen LogP contribution is -2.14. The lowest BCUT2D eigenvalue weighted by molar-refractivity contribution is 0.102. The Kier molecular flexibility index (Phi) is 4.38. The molecule has 0 atom stereocenters. The summed E-state index contributed by atoms with van der Waals surface area (Å²) in [5.41, 5.74) is 8.96.